The Bertz CT molecular complexity index is 706. The molecule has 0 bridgehead atoms. The van der Waals surface area contributed by atoms with Crippen molar-refractivity contribution in [2.45, 2.75) is 19.8 Å². The topological polar surface area (TPSA) is 95.0 Å². The van der Waals surface area contributed by atoms with Crippen LogP contribution in [0.5, 0.6) is 5.75 Å². The summed E-state index contributed by atoms with van der Waals surface area (Å²) in [5.74, 6) is 1.60. The van der Waals surface area contributed by atoms with E-state index < -0.39 is 0 Å². The summed E-state index contributed by atoms with van der Waals surface area (Å²) in [6.45, 7) is 3.77. The van der Waals surface area contributed by atoms with E-state index >= 15 is 0 Å². The molecule has 3 heterocycles. The predicted octanol–water partition coefficient (Wildman–Crippen LogP) is 1.10. The van der Waals surface area contributed by atoms with Crippen LogP contribution >= 0.6 is 0 Å². The van der Waals surface area contributed by atoms with Gasteiger partial charge in [-0.15, -0.1) is 5.10 Å². The molecule has 0 unspecified atom stereocenters. The quantitative estimate of drug-likeness (QED) is 0.843. The lowest BCUT2D eigenvalue weighted by atomic mass is 9.97. The molecule has 0 atom stereocenters. The molecule has 124 valence electrons. The van der Waals surface area contributed by atoms with Crippen molar-refractivity contribution in [2.75, 3.05) is 37.4 Å². The zero-order chi connectivity index (χ0) is 16.4. The van der Waals surface area contributed by atoms with Crippen molar-refractivity contribution >= 4 is 23.4 Å². The monoisotopic (exact) mass is 319 g/mol. The Morgan fingerprint density at radius 2 is 2.13 bits per heavy atom. The van der Waals surface area contributed by atoms with Crippen LogP contribution in [-0.2, 0) is 9.53 Å². The van der Waals surface area contributed by atoms with E-state index in [-0.39, 0.29) is 17.8 Å². The highest BCUT2D eigenvalue weighted by molar-refractivity contribution is 5.73. The number of aromatic nitrogens is 3. The third-order valence-corrected chi connectivity index (χ3v) is 4.10. The fourth-order valence-corrected chi connectivity index (χ4v) is 2.95. The summed E-state index contributed by atoms with van der Waals surface area (Å²) in [7, 11) is 1.59. The molecule has 0 amide bonds. The molecule has 2 aromatic rings. The van der Waals surface area contributed by atoms with E-state index in [1.807, 2.05) is 19.1 Å². The van der Waals surface area contributed by atoms with Crippen LogP contribution in [-0.4, -0.2) is 47.4 Å². The normalized spacial score (nSPS) is 15.8. The number of hydrogen-bond acceptors (Lipinski definition) is 7. The number of piperidine rings is 1. The van der Waals surface area contributed by atoms with E-state index in [4.69, 9.17) is 15.2 Å². The molecule has 1 aliphatic heterocycles. The number of anilines is 2. The van der Waals surface area contributed by atoms with Crippen LogP contribution < -0.4 is 15.4 Å². The highest BCUT2D eigenvalue weighted by Crippen LogP contribution is 2.28. The van der Waals surface area contributed by atoms with Gasteiger partial charge in [0, 0.05) is 13.1 Å². The number of nitrogens with zero attached hydrogens (tertiary/aromatic N) is 4. The number of pyridine rings is 1. The Labute approximate surface area is 134 Å². The van der Waals surface area contributed by atoms with Gasteiger partial charge >= 0.3 is 5.97 Å². The second-order valence-electron chi connectivity index (χ2n) is 5.48. The molecule has 23 heavy (non-hydrogen) atoms. The summed E-state index contributed by atoms with van der Waals surface area (Å²) in [6.07, 6.45) is 1.52. The van der Waals surface area contributed by atoms with Crippen LogP contribution in [0.2, 0.25) is 0 Å². The van der Waals surface area contributed by atoms with E-state index in [2.05, 4.69) is 15.0 Å². The fraction of sp³-hybridized carbons (Fsp3) is 0.533. The molecule has 0 aromatic carbocycles. The molecule has 8 heteroatoms. The van der Waals surface area contributed by atoms with E-state index in [1.165, 1.54) is 0 Å². The first kappa shape index (κ1) is 15.4. The number of hydrogen-bond donors (Lipinski definition) is 1. The number of ether oxygens (including phenoxy) is 2. The standard InChI is InChI=1S/C15H21N5O3/c1-3-23-14(21)10-6-8-19(9-7-10)12-5-4-11(22-2)13-17-15(16)18-20(12)13/h4-5,10H,3,6-9H2,1-2H3,(H2,16,18). The van der Waals surface area contributed by atoms with Crippen molar-refractivity contribution < 1.29 is 14.3 Å². The molecule has 8 nitrogen and oxygen atoms in total. The van der Waals surface area contributed by atoms with Crippen LogP contribution in [0.15, 0.2) is 12.1 Å². The molecule has 2 aromatic heterocycles. The smallest absolute Gasteiger partial charge is 0.309 e. The van der Waals surface area contributed by atoms with Gasteiger partial charge in [0.2, 0.25) is 11.6 Å². The van der Waals surface area contributed by atoms with Crippen LogP contribution in [0.25, 0.3) is 5.65 Å². The maximum absolute atomic E-state index is 11.8. The Kier molecular flexibility index (Phi) is 4.22. The molecule has 0 spiro atoms. The van der Waals surface area contributed by atoms with Gasteiger partial charge < -0.3 is 20.1 Å². The summed E-state index contributed by atoms with van der Waals surface area (Å²) in [6, 6.07) is 3.79. The average Bonchev–Trinajstić information content (AvgIpc) is 2.95. The molecule has 0 aliphatic carbocycles. The molecule has 2 N–H and O–H groups in total. The summed E-state index contributed by atoms with van der Waals surface area (Å²) < 4.78 is 12.1. The van der Waals surface area contributed by atoms with Gasteiger partial charge in [-0.25, -0.2) is 0 Å². The minimum Gasteiger partial charge on any atom is -0.493 e. The van der Waals surface area contributed by atoms with Crippen LogP contribution in [0.1, 0.15) is 19.8 Å². The lowest BCUT2D eigenvalue weighted by Gasteiger charge is -2.32. The first-order chi connectivity index (χ1) is 11.1. The number of fused-ring (bicyclic) bond motifs is 1. The van der Waals surface area contributed by atoms with E-state index in [0.29, 0.717) is 18.0 Å². The zero-order valence-corrected chi connectivity index (χ0v) is 13.4. The first-order valence-corrected chi connectivity index (χ1v) is 7.75. The Morgan fingerprint density at radius 1 is 1.39 bits per heavy atom. The highest BCUT2D eigenvalue weighted by atomic mass is 16.5. The largest absolute Gasteiger partial charge is 0.493 e. The molecular formula is C15H21N5O3. The average molecular weight is 319 g/mol. The van der Waals surface area contributed by atoms with Gasteiger partial charge in [-0.05, 0) is 31.9 Å². The van der Waals surface area contributed by atoms with E-state index in [0.717, 1.165) is 31.7 Å². The number of nitrogens with two attached hydrogens (primary N) is 1. The Balaban J connectivity index is 1.81. The molecule has 1 fully saturated rings. The molecule has 1 aliphatic rings. The zero-order valence-electron chi connectivity index (χ0n) is 13.4. The van der Waals surface area contributed by atoms with E-state index in [9.17, 15) is 4.79 Å². The van der Waals surface area contributed by atoms with Crippen molar-refractivity contribution in [1.29, 1.82) is 0 Å². The third kappa shape index (κ3) is 2.88. The molecule has 0 saturated carbocycles. The number of rotatable bonds is 4. The number of carbonyl (C=O) groups is 1. The summed E-state index contributed by atoms with van der Waals surface area (Å²) >= 11 is 0. The molecule has 1 saturated heterocycles. The maximum Gasteiger partial charge on any atom is 0.309 e. The minimum atomic E-state index is -0.1000. The second kappa shape index (κ2) is 6.31. The van der Waals surface area contributed by atoms with Crippen molar-refractivity contribution in [1.82, 2.24) is 14.6 Å². The van der Waals surface area contributed by atoms with Gasteiger partial charge in [0.05, 0.1) is 19.6 Å². The minimum absolute atomic E-state index is 0.0271. The lowest BCUT2D eigenvalue weighted by Crippen LogP contribution is -2.38. The lowest BCUT2D eigenvalue weighted by molar-refractivity contribution is -0.148. The summed E-state index contributed by atoms with van der Waals surface area (Å²) in [4.78, 5) is 18.2. The Morgan fingerprint density at radius 3 is 2.78 bits per heavy atom. The molecule has 3 rings (SSSR count). The van der Waals surface area contributed by atoms with Gasteiger partial charge in [-0.3, -0.25) is 4.79 Å². The predicted molar refractivity (Wildman–Crippen MR) is 85.5 cm³/mol. The van der Waals surface area contributed by atoms with Gasteiger partial charge in [0.25, 0.3) is 0 Å². The molecule has 0 radical (unpaired) electrons. The van der Waals surface area contributed by atoms with Crippen LogP contribution in [0, 0.1) is 5.92 Å². The summed E-state index contributed by atoms with van der Waals surface area (Å²) in [5, 5.41) is 4.25. The van der Waals surface area contributed by atoms with Crippen LogP contribution in [0.4, 0.5) is 11.8 Å². The van der Waals surface area contributed by atoms with Crippen molar-refractivity contribution in [3.63, 3.8) is 0 Å². The third-order valence-electron chi connectivity index (χ3n) is 4.10. The second-order valence-corrected chi connectivity index (χ2v) is 5.48. The van der Waals surface area contributed by atoms with Gasteiger partial charge in [0.15, 0.2) is 5.75 Å². The van der Waals surface area contributed by atoms with E-state index in [1.54, 1.807) is 11.6 Å². The number of methoxy groups -OCH3 is 1. The van der Waals surface area contributed by atoms with Gasteiger partial charge in [-0.2, -0.15) is 9.50 Å². The number of esters is 1. The maximum atomic E-state index is 11.8. The first-order valence-electron chi connectivity index (χ1n) is 7.75. The van der Waals surface area contributed by atoms with Crippen LogP contribution in [0.3, 0.4) is 0 Å². The summed E-state index contributed by atoms with van der Waals surface area (Å²) in [5.41, 5.74) is 6.32. The fourth-order valence-electron chi connectivity index (χ4n) is 2.95. The van der Waals surface area contributed by atoms with Crippen molar-refractivity contribution in [3.05, 3.63) is 12.1 Å². The SMILES string of the molecule is CCOC(=O)C1CCN(c2ccc(OC)c3nc(N)nn23)CC1. The highest BCUT2D eigenvalue weighted by Gasteiger charge is 2.27. The van der Waals surface area contributed by atoms with Gasteiger partial charge in [0.1, 0.15) is 5.82 Å². The van der Waals surface area contributed by atoms with Gasteiger partial charge in [-0.1, -0.05) is 0 Å². The number of nitrogen functional groups attached to an aromatic ring is 1. The molecular weight excluding hydrogens is 298 g/mol. The number of carbonyl (C=O) groups excluding carboxylic acids is 1. The van der Waals surface area contributed by atoms with Crippen molar-refractivity contribution in [2.24, 2.45) is 5.92 Å². The Hall–Kier alpha value is -2.51. The van der Waals surface area contributed by atoms with Crippen molar-refractivity contribution in [3.8, 4) is 5.75 Å².